The van der Waals surface area contributed by atoms with Gasteiger partial charge in [0.1, 0.15) is 11.8 Å². The highest BCUT2D eigenvalue weighted by Crippen LogP contribution is 2.22. The van der Waals surface area contributed by atoms with E-state index in [0.29, 0.717) is 18.8 Å². The van der Waals surface area contributed by atoms with Crippen LogP contribution >= 0.6 is 0 Å². The zero-order chi connectivity index (χ0) is 19.2. The number of nitrogens with zero attached hydrogens (tertiary/aromatic N) is 2. The summed E-state index contributed by atoms with van der Waals surface area (Å²) in [7, 11) is 3.58. The standard InChI is InChI=1S/C21H31N3O3/c1-23(21(26)18-7-8-20(25)22-18)15-16-9-12-24(13-10-16)14-11-17-5-3-4-6-19(17)27-2/h3-6,16,18H,7-15H2,1-2H3,(H,22,25)/t18-/m0/s1. The number of hydrogen-bond donors (Lipinski definition) is 1. The Bertz CT molecular complexity index is 656. The van der Waals surface area contributed by atoms with Gasteiger partial charge in [-0.15, -0.1) is 0 Å². The van der Waals surface area contributed by atoms with Crippen LogP contribution in [0.2, 0.25) is 0 Å². The topological polar surface area (TPSA) is 61.9 Å². The number of likely N-dealkylation sites (tertiary alicyclic amines) is 1. The summed E-state index contributed by atoms with van der Waals surface area (Å²) in [5.74, 6) is 1.55. The Kier molecular flexibility index (Phi) is 6.72. The number of nitrogens with one attached hydrogen (secondary N) is 1. The summed E-state index contributed by atoms with van der Waals surface area (Å²) in [6, 6.07) is 7.89. The summed E-state index contributed by atoms with van der Waals surface area (Å²) in [5, 5.41) is 2.77. The number of para-hydroxylation sites is 1. The normalized spacial score (nSPS) is 21.1. The lowest BCUT2D eigenvalue weighted by atomic mass is 9.95. The number of amides is 2. The third-order valence-electron chi connectivity index (χ3n) is 5.80. The third kappa shape index (κ3) is 5.22. The van der Waals surface area contributed by atoms with Crippen molar-refractivity contribution in [3.05, 3.63) is 29.8 Å². The Balaban J connectivity index is 1.39. The number of carbonyl (C=O) groups excluding carboxylic acids is 2. The van der Waals surface area contributed by atoms with E-state index in [2.05, 4.69) is 22.3 Å². The first-order valence-corrected chi connectivity index (χ1v) is 9.95. The Morgan fingerprint density at radius 3 is 2.67 bits per heavy atom. The van der Waals surface area contributed by atoms with Crippen molar-refractivity contribution in [1.29, 1.82) is 0 Å². The largest absolute Gasteiger partial charge is 0.496 e. The Labute approximate surface area is 161 Å². The highest BCUT2D eigenvalue weighted by atomic mass is 16.5. The molecule has 1 N–H and O–H groups in total. The third-order valence-corrected chi connectivity index (χ3v) is 5.80. The van der Waals surface area contributed by atoms with Crippen LogP contribution in [0.1, 0.15) is 31.2 Å². The minimum atomic E-state index is -0.316. The summed E-state index contributed by atoms with van der Waals surface area (Å²) in [6.07, 6.45) is 4.31. The van der Waals surface area contributed by atoms with Crippen LogP contribution in [-0.4, -0.2) is 68.0 Å². The monoisotopic (exact) mass is 373 g/mol. The van der Waals surface area contributed by atoms with Crippen molar-refractivity contribution in [2.24, 2.45) is 5.92 Å². The van der Waals surface area contributed by atoms with Gasteiger partial charge in [-0.2, -0.15) is 0 Å². The molecular formula is C21H31N3O3. The van der Waals surface area contributed by atoms with Crippen molar-refractivity contribution in [2.45, 2.75) is 38.1 Å². The van der Waals surface area contributed by atoms with Crippen LogP contribution in [0, 0.1) is 5.92 Å². The maximum Gasteiger partial charge on any atom is 0.244 e. The smallest absolute Gasteiger partial charge is 0.244 e. The maximum atomic E-state index is 12.4. The van der Waals surface area contributed by atoms with Crippen LogP contribution in [0.5, 0.6) is 5.75 Å². The van der Waals surface area contributed by atoms with Gasteiger partial charge in [-0.1, -0.05) is 18.2 Å². The Morgan fingerprint density at radius 2 is 2.00 bits per heavy atom. The molecule has 0 saturated carbocycles. The van der Waals surface area contributed by atoms with E-state index in [9.17, 15) is 9.59 Å². The molecule has 3 rings (SSSR count). The molecule has 0 radical (unpaired) electrons. The van der Waals surface area contributed by atoms with E-state index < -0.39 is 0 Å². The number of benzene rings is 1. The molecule has 1 atom stereocenters. The van der Waals surface area contributed by atoms with Gasteiger partial charge in [0.25, 0.3) is 0 Å². The predicted molar refractivity (Wildman–Crippen MR) is 105 cm³/mol. The van der Waals surface area contributed by atoms with Crippen LogP contribution in [0.25, 0.3) is 0 Å². The SMILES string of the molecule is COc1ccccc1CCN1CCC(CN(C)C(=O)[C@@H]2CCC(=O)N2)CC1. The van der Waals surface area contributed by atoms with E-state index in [1.807, 2.05) is 24.1 Å². The number of piperidine rings is 1. The van der Waals surface area contributed by atoms with Crippen LogP contribution in [0.15, 0.2) is 24.3 Å². The summed E-state index contributed by atoms with van der Waals surface area (Å²) in [6.45, 7) is 3.96. The summed E-state index contributed by atoms with van der Waals surface area (Å²) < 4.78 is 5.44. The van der Waals surface area contributed by atoms with Gasteiger partial charge >= 0.3 is 0 Å². The Hall–Kier alpha value is -2.08. The van der Waals surface area contributed by atoms with E-state index in [1.165, 1.54) is 5.56 Å². The molecule has 1 aromatic carbocycles. The zero-order valence-electron chi connectivity index (χ0n) is 16.4. The molecule has 2 heterocycles. The van der Waals surface area contributed by atoms with Gasteiger partial charge in [-0.05, 0) is 56.3 Å². The fraction of sp³-hybridized carbons (Fsp3) is 0.619. The zero-order valence-corrected chi connectivity index (χ0v) is 16.4. The van der Waals surface area contributed by atoms with Crippen molar-refractivity contribution >= 4 is 11.8 Å². The average molecular weight is 373 g/mol. The van der Waals surface area contributed by atoms with Gasteiger partial charge in [0.05, 0.1) is 7.11 Å². The molecule has 2 aliphatic heterocycles. The fourth-order valence-electron chi connectivity index (χ4n) is 4.12. The lowest BCUT2D eigenvalue weighted by Gasteiger charge is -2.34. The molecule has 2 amide bonds. The van der Waals surface area contributed by atoms with Gasteiger partial charge in [0.2, 0.25) is 11.8 Å². The van der Waals surface area contributed by atoms with Gasteiger partial charge in [-0.25, -0.2) is 0 Å². The molecule has 0 bridgehead atoms. The molecule has 0 aliphatic carbocycles. The van der Waals surface area contributed by atoms with Crippen molar-refractivity contribution < 1.29 is 14.3 Å². The van der Waals surface area contributed by atoms with Crippen molar-refractivity contribution in [3.8, 4) is 5.75 Å². The molecule has 2 saturated heterocycles. The van der Waals surface area contributed by atoms with Gasteiger partial charge in [0.15, 0.2) is 0 Å². The van der Waals surface area contributed by atoms with E-state index in [0.717, 1.165) is 51.2 Å². The minimum Gasteiger partial charge on any atom is -0.496 e. The molecule has 2 fully saturated rings. The second kappa shape index (κ2) is 9.22. The maximum absolute atomic E-state index is 12.4. The molecule has 6 nitrogen and oxygen atoms in total. The molecule has 1 aromatic rings. The van der Waals surface area contributed by atoms with E-state index in [-0.39, 0.29) is 17.9 Å². The van der Waals surface area contributed by atoms with E-state index >= 15 is 0 Å². The summed E-state index contributed by atoms with van der Waals surface area (Å²) >= 11 is 0. The molecular weight excluding hydrogens is 342 g/mol. The molecule has 27 heavy (non-hydrogen) atoms. The molecule has 0 spiro atoms. The van der Waals surface area contributed by atoms with Crippen molar-refractivity contribution in [3.63, 3.8) is 0 Å². The Morgan fingerprint density at radius 1 is 1.26 bits per heavy atom. The second-order valence-corrected chi connectivity index (χ2v) is 7.72. The lowest BCUT2D eigenvalue weighted by Crippen LogP contribution is -2.46. The van der Waals surface area contributed by atoms with Gasteiger partial charge < -0.3 is 19.9 Å². The molecule has 0 aromatic heterocycles. The van der Waals surface area contributed by atoms with Crippen molar-refractivity contribution in [2.75, 3.05) is 40.3 Å². The van der Waals surface area contributed by atoms with E-state index in [1.54, 1.807) is 7.11 Å². The molecule has 6 heteroatoms. The fourth-order valence-corrected chi connectivity index (χ4v) is 4.12. The first kappa shape index (κ1) is 19.7. The quantitative estimate of drug-likeness (QED) is 0.790. The first-order valence-electron chi connectivity index (χ1n) is 9.95. The number of rotatable bonds is 7. The lowest BCUT2D eigenvalue weighted by molar-refractivity contribution is -0.133. The number of carbonyl (C=O) groups is 2. The van der Waals surface area contributed by atoms with Crippen LogP contribution in [0.4, 0.5) is 0 Å². The highest BCUT2D eigenvalue weighted by Gasteiger charge is 2.30. The molecule has 2 aliphatic rings. The highest BCUT2D eigenvalue weighted by molar-refractivity contribution is 5.90. The van der Waals surface area contributed by atoms with Gasteiger partial charge in [-0.3, -0.25) is 9.59 Å². The number of hydrogen-bond acceptors (Lipinski definition) is 4. The first-order chi connectivity index (χ1) is 13.1. The minimum absolute atomic E-state index is 0.00916. The second-order valence-electron chi connectivity index (χ2n) is 7.72. The number of ether oxygens (including phenoxy) is 1. The summed E-state index contributed by atoms with van der Waals surface area (Å²) in [5.41, 5.74) is 1.26. The number of methoxy groups -OCH3 is 1. The van der Waals surface area contributed by atoms with E-state index in [4.69, 9.17) is 4.74 Å². The van der Waals surface area contributed by atoms with Crippen LogP contribution < -0.4 is 10.1 Å². The van der Waals surface area contributed by atoms with Crippen molar-refractivity contribution in [1.82, 2.24) is 15.1 Å². The van der Waals surface area contributed by atoms with Crippen LogP contribution in [0.3, 0.4) is 0 Å². The van der Waals surface area contributed by atoms with Gasteiger partial charge in [0, 0.05) is 26.6 Å². The molecule has 148 valence electrons. The predicted octanol–water partition coefficient (Wildman–Crippen LogP) is 1.69. The average Bonchev–Trinajstić information content (AvgIpc) is 3.13. The molecule has 0 unspecified atom stereocenters. The van der Waals surface area contributed by atoms with Crippen LogP contribution in [-0.2, 0) is 16.0 Å². The summed E-state index contributed by atoms with van der Waals surface area (Å²) in [4.78, 5) is 28.1. The number of likely N-dealkylation sites (N-methyl/N-ethyl adjacent to an activating group) is 1.